The first-order chi connectivity index (χ1) is 14.4. The van der Waals surface area contributed by atoms with Gasteiger partial charge in [0.2, 0.25) is 5.91 Å². The first-order valence-corrected chi connectivity index (χ1v) is 9.43. The maximum absolute atomic E-state index is 12.4. The van der Waals surface area contributed by atoms with Crippen LogP contribution in [0.25, 0.3) is 11.0 Å². The minimum absolute atomic E-state index is 0.0409. The van der Waals surface area contributed by atoms with Gasteiger partial charge in [0.15, 0.2) is 11.5 Å². The molecule has 3 rings (SSSR count). The highest BCUT2D eigenvalue weighted by Crippen LogP contribution is 2.29. The molecule has 2 aromatic carbocycles. The number of aryl methyl sites for hydroxylation is 2. The molecule has 0 aliphatic rings. The number of carbonyl (C=O) groups excluding carboxylic acids is 1. The summed E-state index contributed by atoms with van der Waals surface area (Å²) in [7, 11) is 3.07. The zero-order valence-electron chi connectivity index (χ0n) is 16.7. The van der Waals surface area contributed by atoms with Gasteiger partial charge < -0.3 is 14.8 Å². The summed E-state index contributed by atoms with van der Waals surface area (Å²) in [6.07, 6.45) is 0.656. The van der Waals surface area contributed by atoms with E-state index in [4.69, 9.17) is 4.74 Å². The number of alkyl halides is 2. The lowest BCUT2D eigenvalue weighted by Crippen LogP contribution is -2.29. The third-order valence-electron chi connectivity index (χ3n) is 4.79. The van der Waals surface area contributed by atoms with E-state index >= 15 is 0 Å². The summed E-state index contributed by atoms with van der Waals surface area (Å²) in [6, 6.07) is 12.1. The molecule has 0 unspecified atom stereocenters. The minimum atomic E-state index is -2.93. The normalized spacial score (nSPS) is 11.1. The number of aromatic nitrogens is 2. The molecule has 0 aliphatic heterocycles. The molecule has 0 fully saturated rings. The summed E-state index contributed by atoms with van der Waals surface area (Å²) < 4.78 is 37.4. The number of methoxy groups -OCH3 is 1. The Balaban J connectivity index is 1.54. The smallest absolute Gasteiger partial charge is 0.387 e. The molecule has 7 nitrogen and oxygen atoms in total. The molecule has 0 bridgehead atoms. The van der Waals surface area contributed by atoms with E-state index in [0.717, 1.165) is 16.6 Å². The molecule has 1 N–H and O–H groups in total. The molecule has 1 aromatic heterocycles. The number of para-hydroxylation sites is 2. The van der Waals surface area contributed by atoms with Crippen LogP contribution in [0.3, 0.4) is 0 Å². The number of hydrogen-bond donors (Lipinski definition) is 1. The molecular weight excluding hydrogens is 396 g/mol. The molecule has 0 aliphatic carbocycles. The molecule has 9 heteroatoms. The van der Waals surface area contributed by atoms with Gasteiger partial charge in [-0.05, 0) is 36.2 Å². The predicted octanol–water partition coefficient (Wildman–Crippen LogP) is 2.70. The highest BCUT2D eigenvalue weighted by Gasteiger charge is 2.13. The maximum Gasteiger partial charge on any atom is 0.387 e. The Hall–Kier alpha value is -3.36. The van der Waals surface area contributed by atoms with Crippen LogP contribution in [-0.4, -0.2) is 35.3 Å². The largest absolute Gasteiger partial charge is 0.493 e. The van der Waals surface area contributed by atoms with Crippen molar-refractivity contribution in [3.8, 4) is 11.5 Å². The van der Waals surface area contributed by atoms with Crippen molar-refractivity contribution in [1.29, 1.82) is 0 Å². The zero-order chi connectivity index (χ0) is 21.7. The number of halogens is 2. The van der Waals surface area contributed by atoms with Gasteiger partial charge in [0.05, 0.1) is 18.1 Å². The summed E-state index contributed by atoms with van der Waals surface area (Å²) in [6.45, 7) is -2.29. The van der Waals surface area contributed by atoms with E-state index in [-0.39, 0.29) is 36.1 Å². The van der Waals surface area contributed by atoms with Crippen molar-refractivity contribution in [1.82, 2.24) is 14.5 Å². The number of hydrogen-bond acceptors (Lipinski definition) is 4. The summed E-state index contributed by atoms with van der Waals surface area (Å²) in [4.78, 5) is 24.6. The summed E-state index contributed by atoms with van der Waals surface area (Å²) in [5.74, 6) is -0.0188. The quantitative estimate of drug-likeness (QED) is 0.579. The zero-order valence-corrected chi connectivity index (χ0v) is 16.7. The summed E-state index contributed by atoms with van der Waals surface area (Å²) >= 11 is 0. The van der Waals surface area contributed by atoms with Gasteiger partial charge in [-0.2, -0.15) is 8.78 Å². The van der Waals surface area contributed by atoms with Gasteiger partial charge in [-0.25, -0.2) is 4.79 Å². The van der Waals surface area contributed by atoms with Crippen LogP contribution in [0.5, 0.6) is 11.5 Å². The van der Waals surface area contributed by atoms with Crippen LogP contribution in [0.2, 0.25) is 0 Å². The van der Waals surface area contributed by atoms with Gasteiger partial charge in [0, 0.05) is 26.6 Å². The van der Waals surface area contributed by atoms with E-state index in [1.807, 2.05) is 24.3 Å². The highest BCUT2D eigenvalue weighted by molar-refractivity contribution is 5.77. The van der Waals surface area contributed by atoms with Crippen LogP contribution in [0.15, 0.2) is 47.3 Å². The molecule has 160 valence electrons. The second-order valence-corrected chi connectivity index (χ2v) is 6.70. The number of ether oxygens (including phenoxy) is 2. The molecule has 1 amide bonds. The Labute approximate surface area is 171 Å². The Kier molecular flexibility index (Phi) is 6.71. The van der Waals surface area contributed by atoms with Crippen molar-refractivity contribution in [3.63, 3.8) is 0 Å². The molecule has 0 spiro atoms. The van der Waals surface area contributed by atoms with E-state index in [0.29, 0.717) is 13.0 Å². The topological polar surface area (TPSA) is 74.5 Å². The summed E-state index contributed by atoms with van der Waals surface area (Å²) in [5.41, 5.74) is 2.24. The average Bonchev–Trinajstić information content (AvgIpc) is 2.97. The van der Waals surface area contributed by atoms with E-state index < -0.39 is 6.61 Å². The first-order valence-electron chi connectivity index (χ1n) is 9.43. The van der Waals surface area contributed by atoms with Gasteiger partial charge in [-0.15, -0.1) is 0 Å². The standard InChI is InChI=1S/C21H23F2N3O4/c1-25-15-5-3-4-6-16(15)26(21(25)28)12-10-19(27)24-11-9-14-7-8-17(30-20(22)23)18(13-14)29-2/h3-8,13,20H,9-12H2,1-2H3,(H,24,27). The molecule has 30 heavy (non-hydrogen) atoms. The molecule has 0 saturated carbocycles. The van der Waals surface area contributed by atoms with Crippen LogP contribution in [0, 0.1) is 0 Å². The third-order valence-corrected chi connectivity index (χ3v) is 4.79. The molecule has 0 saturated heterocycles. The van der Waals surface area contributed by atoms with Crippen LogP contribution in [-0.2, 0) is 24.8 Å². The number of imidazole rings is 1. The second-order valence-electron chi connectivity index (χ2n) is 6.70. The lowest BCUT2D eigenvalue weighted by atomic mass is 10.1. The fourth-order valence-electron chi connectivity index (χ4n) is 3.29. The maximum atomic E-state index is 12.4. The minimum Gasteiger partial charge on any atom is -0.493 e. The van der Waals surface area contributed by atoms with Gasteiger partial charge >= 0.3 is 12.3 Å². The SMILES string of the molecule is COc1cc(CCNC(=O)CCn2c(=O)n(C)c3ccccc32)ccc1OC(F)F. The average molecular weight is 419 g/mol. The van der Waals surface area contributed by atoms with Crippen LogP contribution >= 0.6 is 0 Å². The lowest BCUT2D eigenvalue weighted by molar-refractivity contribution is -0.121. The Bertz CT molecular complexity index is 1090. The van der Waals surface area contributed by atoms with Crippen molar-refractivity contribution >= 4 is 16.9 Å². The number of nitrogens with one attached hydrogen (secondary N) is 1. The van der Waals surface area contributed by atoms with Crippen molar-refractivity contribution in [3.05, 3.63) is 58.5 Å². The van der Waals surface area contributed by atoms with Crippen molar-refractivity contribution in [2.45, 2.75) is 26.0 Å². The fraction of sp³-hybridized carbons (Fsp3) is 0.333. The third kappa shape index (κ3) is 4.79. The Morgan fingerprint density at radius 3 is 2.57 bits per heavy atom. The predicted molar refractivity (Wildman–Crippen MR) is 108 cm³/mol. The van der Waals surface area contributed by atoms with E-state index in [2.05, 4.69) is 10.1 Å². The molecule has 1 heterocycles. The number of amides is 1. The van der Waals surface area contributed by atoms with E-state index in [1.165, 1.54) is 13.2 Å². The van der Waals surface area contributed by atoms with Crippen LogP contribution < -0.4 is 20.5 Å². The van der Waals surface area contributed by atoms with E-state index in [1.54, 1.807) is 28.3 Å². The van der Waals surface area contributed by atoms with Gasteiger partial charge in [0.1, 0.15) is 0 Å². The van der Waals surface area contributed by atoms with Crippen molar-refractivity contribution < 1.29 is 23.0 Å². The number of rotatable bonds is 9. The second kappa shape index (κ2) is 9.43. The summed E-state index contributed by atoms with van der Waals surface area (Å²) in [5, 5.41) is 2.81. The monoisotopic (exact) mass is 419 g/mol. The van der Waals surface area contributed by atoms with Crippen LogP contribution in [0.1, 0.15) is 12.0 Å². The van der Waals surface area contributed by atoms with Crippen LogP contribution in [0.4, 0.5) is 8.78 Å². The molecule has 3 aromatic rings. The fourth-order valence-corrected chi connectivity index (χ4v) is 3.29. The highest BCUT2D eigenvalue weighted by atomic mass is 19.3. The molecule has 0 radical (unpaired) electrons. The van der Waals surface area contributed by atoms with Gasteiger partial charge in [0.25, 0.3) is 0 Å². The van der Waals surface area contributed by atoms with E-state index in [9.17, 15) is 18.4 Å². The van der Waals surface area contributed by atoms with Crippen molar-refractivity contribution in [2.75, 3.05) is 13.7 Å². The number of nitrogens with zero attached hydrogens (tertiary/aromatic N) is 2. The number of fused-ring (bicyclic) bond motifs is 1. The molecule has 0 atom stereocenters. The van der Waals surface area contributed by atoms with Crippen molar-refractivity contribution in [2.24, 2.45) is 7.05 Å². The lowest BCUT2D eigenvalue weighted by Gasteiger charge is -2.12. The Morgan fingerprint density at radius 2 is 1.87 bits per heavy atom. The van der Waals surface area contributed by atoms with Gasteiger partial charge in [-0.3, -0.25) is 13.9 Å². The Morgan fingerprint density at radius 1 is 1.13 bits per heavy atom. The number of benzene rings is 2. The first kappa shape index (κ1) is 21.4. The van der Waals surface area contributed by atoms with Gasteiger partial charge in [-0.1, -0.05) is 18.2 Å². The molecular formula is C21H23F2N3O4. The number of carbonyl (C=O) groups is 1.